The van der Waals surface area contributed by atoms with E-state index >= 15 is 0 Å². The molecule has 0 saturated carbocycles. The molecule has 1 aliphatic rings. The summed E-state index contributed by atoms with van der Waals surface area (Å²) in [4.78, 5) is 16.7. The van der Waals surface area contributed by atoms with Crippen LogP contribution in [-0.2, 0) is 11.8 Å². The number of aromatic nitrogens is 2. The van der Waals surface area contributed by atoms with Gasteiger partial charge in [-0.1, -0.05) is 0 Å². The lowest BCUT2D eigenvalue weighted by Crippen LogP contribution is -2.45. The Morgan fingerprint density at radius 1 is 1.17 bits per heavy atom. The quantitative estimate of drug-likeness (QED) is 0.769. The predicted molar refractivity (Wildman–Crippen MR) is 113 cm³/mol. The lowest BCUT2D eigenvalue weighted by atomic mass is 10.1. The van der Waals surface area contributed by atoms with Crippen LogP contribution in [0.4, 0.5) is 10.5 Å². The molecular weight excluding hydrogens is 370 g/mol. The van der Waals surface area contributed by atoms with E-state index in [4.69, 9.17) is 9.47 Å². The van der Waals surface area contributed by atoms with Crippen LogP contribution in [0.3, 0.4) is 0 Å². The van der Waals surface area contributed by atoms with Crippen LogP contribution >= 0.6 is 0 Å². The predicted octanol–water partition coefficient (Wildman–Crippen LogP) is 2.67. The molecular formula is C21H31N5O3. The van der Waals surface area contributed by atoms with Crippen LogP contribution < -0.4 is 10.1 Å². The van der Waals surface area contributed by atoms with Crippen LogP contribution in [0.15, 0.2) is 30.5 Å². The van der Waals surface area contributed by atoms with Crippen molar-refractivity contribution >= 4 is 11.8 Å². The number of nitrogens with one attached hydrogen (secondary N) is 1. The van der Waals surface area contributed by atoms with E-state index in [0.717, 1.165) is 49.7 Å². The van der Waals surface area contributed by atoms with E-state index in [1.54, 1.807) is 10.9 Å². The van der Waals surface area contributed by atoms with Gasteiger partial charge in [-0.15, -0.1) is 0 Å². The lowest BCUT2D eigenvalue weighted by molar-refractivity contribution is 0.130. The third kappa shape index (κ3) is 5.95. The maximum atomic E-state index is 12.0. The molecule has 158 valence electrons. The lowest BCUT2D eigenvalue weighted by Gasteiger charge is -2.32. The average molecular weight is 402 g/mol. The van der Waals surface area contributed by atoms with Gasteiger partial charge in [0.15, 0.2) is 0 Å². The second-order valence-corrected chi connectivity index (χ2v) is 7.62. The fraction of sp³-hybridized carbons (Fsp3) is 0.524. The second kappa shape index (κ2) is 9.76. The monoisotopic (exact) mass is 401 g/mol. The fourth-order valence-corrected chi connectivity index (χ4v) is 3.29. The van der Waals surface area contributed by atoms with Crippen molar-refractivity contribution in [3.8, 4) is 17.0 Å². The van der Waals surface area contributed by atoms with E-state index in [9.17, 15) is 4.79 Å². The molecule has 0 spiro atoms. The van der Waals surface area contributed by atoms with E-state index in [2.05, 4.69) is 27.3 Å². The molecule has 8 heteroatoms. The molecule has 1 aromatic carbocycles. The smallest absolute Gasteiger partial charge is 0.411 e. The highest BCUT2D eigenvalue weighted by Crippen LogP contribution is 2.32. The highest BCUT2D eigenvalue weighted by Gasteiger charge is 2.16. The van der Waals surface area contributed by atoms with Crippen molar-refractivity contribution in [1.82, 2.24) is 19.6 Å². The molecule has 1 fully saturated rings. The van der Waals surface area contributed by atoms with Crippen LogP contribution in [0.2, 0.25) is 0 Å². The Morgan fingerprint density at radius 2 is 1.93 bits per heavy atom. The summed E-state index contributed by atoms with van der Waals surface area (Å²) >= 11 is 0. The summed E-state index contributed by atoms with van der Waals surface area (Å²) in [6, 6.07) is 7.53. The Labute approximate surface area is 172 Å². The number of aryl methyl sites for hydroxylation is 1. The zero-order chi connectivity index (χ0) is 20.8. The zero-order valence-corrected chi connectivity index (χ0v) is 17.7. The van der Waals surface area contributed by atoms with Gasteiger partial charge in [0, 0.05) is 57.2 Å². The zero-order valence-electron chi connectivity index (χ0n) is 17.7. The van der Waals surface area contributed by atoms with Crippen LogP contribution in [-0.4, -0.2) is 78.2 Å². The normalized spacial score (nSPS) is 15.5. The number of amides is 1. The third-order valence-corrected chi connectivity index (χ3v) is 4.93. The Balaban J connectivity index is 1.70. The first-order valence-corrected chi connectivity index (χ1v) is 10.1. The van der Waals surface area contributed by atoms with E-state index in [1.165, 1.54) is 0 Å². The Kier molecular flexibility index (Phi) is 7.11. The molecule has 1 amide bonds. The molecule has 0 aliphatic carbocycles. The molecule has 2 aromatic rings. The van der Waals surface area contributed by atoms with Crippen LogP contribution in [0.25, 0.3) is 11.3 Å². The number of carbonyl (C=O) groups is 1. The largest absolute Gasteiger partial charge is 0.492 e. The topological polar surface area (TPSA) is 71.9 Å². The molecule has 0 bridgehead atoms. The molecule has 1 saturated heterocycles. The number of rotatable bonds is 7. The van der Waals surface area contributed by atoms with E-state index in [-0.39, 0.29) is 6.10 Å². The Morgan fingerprint density at radius 3 is 2.59 bits per heavy atom. The molecule has 1 aromatic heterocycles. The van der Waals surface area contributed by atoms with Gasteiger partial charge in [0.05, 0.1) is 11.8 Å². The highest BCUT2D eigenvalue weighted by atomic mass is 16.6. The molecule has 0 unspecified atom stereocenters. The van der Waals surface area contributed by atoms with E-state index in [0.29, 0.717) is 12.3 Å². The third-order valence-electron chi connectivity index (χ3n) is 4.93. The molecule has 2 heterocycles. The summed E-state index contributed by atoms with van der Waals surface area (Å²) in [5.74, 6) is 0.769. The maximum Gasteiger partial charge on any atom is 0.411 e. The second-order valence-electron chi connectivity index (χ2n) is 7.62. The SMILES string of the molecule is CC(C)OC(=O)Nc1ccc(OCCN2CCN(C)CC2)c(-c2ccnn2C)c1. The van der Waals surface area contributed by atoms with Crippen LogP contribution in [0.5, 0.6) is 5.75 Å². The van der Waals surface area contributed by atoms with Gasteiger partial charge in [0.2, 0.25) is 0 Å². The number of benzene rings is 1. The van der Waals surface area contributed by atoms with Gasteiger partial charge in [-0.2, -0.15) is 5.10 Å². The molecule has 8 nitrogen and oxygen atoms in total. The first-order valence-electron chi connectivity index (χ1n) is 10.1. The number of anilines is 1. The van der Waals surface area contributed by atoms with Crippen molar-refractivity contribution in [3.63, 3.8) is 0 Å². The number of piperazine rings is 1. The molecule has 3 rings (SSSR count). The van der Waals surface area contributed by atoms with E-state index < -0.39 is 6.09 Å². The van der Waals surface area contributed by atoms with Gasteiger partial charge in [-0.3, -0.25) is 14.9 Å². The first kappa shape index (κ1) is 21.1. The number of likely N-dealkylation sites (N-methyl/N-ethyl adjacent to an activating group) is 1. The minimum Gasteiger partial charge on any atom is -0.492 e. The summed E-state index contributed by atoms with van der Waals surface area (Å²) in [6.45, 7) is 9.44. The van der Waals surface area contributed by atoms with Gasteiger partial charge in [-0.25, -0.2) is 4.79 Å². The van der Waals surface area contributed by atoms with Crippen LogP contribution in [0, 0.1) is 0 Å². The number of hydrogen-bond acceptors (Lipinski definition) is 6. The minimum absolute atomic E-state index is 0.177. The fourth-order valence-electron chi connectivity index (χ4n) is 3.29. The summed E-state index contributed by atoms with van der Waals surface area (Å²) in [5.41, 5.74) is 2.45. The van der Waals surface area contributed by atoms with Gasteiger partial charge >= 0.3 is 6.09 Å². The van der Waals surface area contributed by atoms with Crippen molar-refractivity contribution in [1.29, 1.82) is 0 Å². The minimum atomic E-state index is -0.473. The molecule has 0 atom stereocenters. The maximum absolute atomic E-state index is 12.0. The number of nitrogens with zero attached hydrogens (tertiary/aromatic N) is 4. The van der Waals surface area contributed by atoms with Crippen molar-refractivity contribution in [3.05, 3.63) is 30.5 Å². The molecule has 1 aliphatic heterocycles. The van der Waals surface area contributed by atoms with Gasteiger partial charge in [0.1, 0.15) is 12.4 Å². The van der Waals surface area contributed by atoms with Crippen molar-refractivity contribution < 1.29 is 14.3 Å². The van der Waals surface area contributed by atoms with Gasteiger partial charge < -0.3 is 14.4 Å². The molecule has 1 N–H and O–H groups in total. The highest BCUT2D eigenvalue weighted by molar-refractivity contribution is 5.86. The van der Waals surface area contributed by atoms with Crippen LogP contribution in [0.1, 0.15) is 13.8 Å². The average Bonchev–Trinajstić information content (AvgIpc) is 3.09. The standard InChI is InChI=1S/C21H31N5O3/c1-16(2)29-21(27)23-17-5-6-20(18(15-17)19-7-8-22-25(19)4)28-14-13-26-11-9-24(3)10-12-26/h5-8,15-16H,9-14H2,1-4H3,(H,23,27). The summed E-state index contributed by atoms with van der Waals surface area (Å²) in [6.07, 6.45) is 1.10. The molecule has 29 heavy (non-hydrogen) atoms. The Bertz CT molecular complexity index is 812. The van der Waals surface area contributed by atoms with Crippen molar-refractivity contribution in [2.24, 2.45) is 7.05 Å². The summed E-state index contributed by atoms with van der Waals surface area (Å²) < 4.78 is 13.1. The number of carbonyl (C=O) groups excluding carboxylic acids is 1. The molecule has 0 radical (unpaired) electrons. The summed E-state index contributed by atoms with van der Waals surface area (Å²) in [5, 5.41) is 7.04. The summed E-state index contributed by atoms with van der Waals surface area (Å²) in [7, 11) is 4.04. The number of hydrogen-bond donors (Lipinski definition) is 1. The van der Waals surface area contributed by atoms with Crippen molar-refractivity contribution in [2.45, 2.75) is 20.0 Å². The Hall–Kier alpha value is -2.58. The van der Waals surface area contributed by atoms with Gasteiger partial charge in [0.25, 0.3) is 0 Å². The van der Waals surface area contributed by atoms with E-state index in [1.807, 2.05) is 45.2 Å². The first-order chi connectivity index (χ1) is 13.9. The van der Waals surface area contributed by atoms with Crippen molar-refractivity contribution in [2.75, 3.05) is 51.7 Å². The number of ether oxygens (including phenoxy) is 2. The van der Waals surface area contributed by atoms with Gasteiger partial charge in [-0.05, 0) is 45.2 Å².